The molecule has 0 radical (unpaired) electrons. The number of para-hydroxylation sites is 2. The second-order valence-electron chi connectivity index (χ2n) is 12.7. The number of carbonyl (C=O) groups is 2. The minimum atomic E-state index is -0.219. The van der Waals surface area contributed by atoms with Crippen LogP contribution in [0.1, 0.15) is 81.8 Å². The first-order valence-corrected chi connectivity index (χ1v) is 18.3. The Labute approximate surface area is 291 Å². The maximum Gasteiger partial charge on any atom is 0.255 e. The number of rotatable bonds is 10. The van der Waals surface area contributed by atoms with E-state index in [-0.39, 0.29) is 34.9 Å². The number of hydrogen-bond donors (Lipinski definition) is 4. The highest BCUT2D eigenvalue weighted by atomic mass is 32.1. The van der Waals surface area contributed by atoms with Crippen molar-refractivity contribution >= 4 is 34.5 Å². The number of amides is 2. The summed E-state index contributed by atoms with van der Waals surface area (Å²) in [7, 11) is 3.14. The largest absolute Gasteiger partial charge is 0.496 e. The van der Waals surface area contributed by atoms with Crippen molar-refractivity contribution in [2.45, 2.75) is 74.4 Å². The van der Waals surface area contributed by atoms with E-state index in [1.807, 2.05) is 24.3 Å². The number of benzene rings is 2. The van der Waals surface area contributed by atoms with Crippen LogP contribution >= 0.6 is 22.7 Å². The number of aliphatic hydroxyl groups is 2. The first kappa shape index (κ1) is 35.6. The van der Waals surface area contributed by atoms with Gasteiger partial charge in [0.1, 0.15) is 11.5 Å². The zero-order valence-corrected chi connectivity index (χ0v) is 29.3. The number of aliphatic hydroxyl groups excluding tert-OH is 2. The van der Waals surface area contributed by atoms with Crippen LogP contribution in [0.2, 0.25) is 0 Å². The molecule has 4 aromatic rings. The Hall–Kier alpha value is -3.70. The minimum Gasteiger partial charge on any atom is -0.496 e. The third kappa shape index (κ3) is 8.47. The van der Waals surface area contributed by atoms with E-state index in [0.29, 0.717) is 35.7 Å². The maximum absolute atomic E-state index is 12.6. The molecule has 256 valence electrons. The highest BCUT2D eigenvalue weighted by Crippen LogP contribution is 2.42. The molecule has 0 atom stereocenters. The Bertz CT molecular complexity index is 1470. The molecule has 2 fully saturated rings. The van der Waals surface area contributed by atoms with Crippen LogP contribution in [0, 0.1) is 0 Å². The molecule has 4 N–H and O–H groups in total. The first-order chi connectivity index (χ1) is 23.3. The van der Waals surface area contributed by atoms with E-state index in [1.54, 1.807) is 61.2 Å². The van der Waals surface area contributed by atoms with Gasteiger partial charge in [-0.1, -0.05) is 36.4 Å². The van der Waals surface area contributed by atoms with E-state index in [2.05, 4.69) is 45.7 Å². The predicted molar refractivity (Wildman–Crippen MR) is 192 cm³/mol. The van der Waals surface area contributed by atoms with Crippen molar-refractivity contribution in [2.24, 2.45) is 0 Å². The fraction of sp³-hybridized carbons (Fsp3) is 0.421. The molecular weight excluding hydrogens is 645 g/mol. The van der Waals surface area contributed by atoms with E-state index >= 15 is 0 Å². The fourth-order valence-electron chi connectivity index (χ4n) is 6.85. The normalized spacial score (nSPS) is 23.7. The van der Waals surface area contributed by atoms with Crippen LogP contribution in [-0.4, -0.2) is 61.5 Å². The van der Waals surface area contributed by atoms with Crippen LogP contribution < -0.4 is 20.1 Å². The molecule has 2 aliphatic carbocycles. The Morgan fingerprint density at radius 2 is 1.02 bits per heavy atom. The van der Waals surface area contributed by atoms with Crippen molar-refractivity contribution in [3.63, 3.8) is 0 Å². The number of ether oxygens (including phenoxy) is 2. The molecule has 0 spiro atoms. The van der Waals surface area contributed by atoms with Crippen molar-refractivity contribution in [3.05, 3.63) is 104 Å². The number of hydrogen-bond acceptors (Lipinski definition) is 8. The summed E-state index contributed by atoms with van der Waals surface area (Å²) in [6.07, 6.45) is 6.24. The molecule has 2 heterocycles. The average molecular weight is 691 g/mol. The van der Waals surface area contributed by atoms with Crippen LogP contribution in [0.15, 0.2) is 83.6 Å². The highest BCUT2D eigenvalue weighted by molar-refractivity contribution is 7.10. The van der Waals surface area contributed by atoms with Gasteiger partial charge in [-0.2, -0.15) is 0 Å². The van der Waals surface area contributed by atoms with Crippen molar-refractivity contribution in [3.8, 4) is 11.5 Å². The summed E-state index contributed by atoms with van der Waals surface area (Å²) in [4.78, 5) is 27.8. The summed E-state index contributed by atoms with van der Waals surface area (Å²) in [5.41, 5.74) is 0.949. The maximum atomic E-state index is 12.6. The van der Waals surface area contributed by atoms with Crippen LogP contribution in [0.3, 0.4) is 0 Å². The number of carbonyl (C=O) groups excluding carboxylic acids is 2. The summed E-state index contributed by atoms with van der Waals surface area (Å²) in [6, 6.07) is 22.9. The molecule has 48 heavy (non-hydrogen) atoms. The van der Waals surface area contributed by atoms with E-state index < -0.39 is 0 Å². The van der Waals surface area contributed by atoms with Gasteiger partial charge in [-0.05, 0) is 98.5 Å². The molecular formula is C38H46N2O6S2. The van der Waals surface area contributed by atoms with Gasteiger partial charge in [0.25, 0.3) is 11.8 Å². The molecule has 0 bridgehead atoms. The molecule has 2 aromatic heterocycles. The second-order valence-corrected chi connectivity index (χ2v) is 14.6. The molecule has 0 unspecified atom stereocenters. The van der Waals surface area contributed by atoms with Crippen molar-refractivity contribution in [2.75, 3.05) is 27.3 Å². The van der Waals surface area contributed by atoms with Gasteiger partial charge in [0.2, 0.25) is 0 Å². The van der Waals surface area contributed by atoms with E-state index in [1.165, 1.54) is 9.75 Å². The lowest BCUT2D eigenvalue weighted by molar-refractivity contribution is 0.0847. The Kier molecular flexibility index (Phi) is 12.3. The van der Waals surface area contributed by atoms with E-state index in [4.69, 9.17) is 9.47 Å². The molecule has 8 nitrogen and oxygen atoms in total. The topological polar surface area (TPSA) is 117 Å². The smallest absolute Gasteiger partial charge is 0.255 e. The molecule has 6 rings (SSSR count). The van der Waals surface area contributed by atoms with Crippen LogP contribution in [0.25, 0.3) is 0 Å². The summed E-state index contributed by atoms with van der Waals surface area (Å²) in [5.74, 6) is 0.933. The van der Waals surface area contributed by atoms with Crippen molar-refractivity contribution in [1.82, 2.24) is 10.6 Å². The predicted octanol–water partition coefficient (Wildman–Crippen LogP) is 6.72. The summed E-state index contributed by atoms with van der Waals surface area (Å²) < 4.78 is 10.6. The van der Waals surface area contributed by atoms with Crippen LogP contribution in [-0.2, 0) is 10.8 Å². The zero-order chi connectivity index (χ0) is 34.0. The molecule has 10 heteroatoms. The third-order valence-corrected chi connectivity index (χ3v) is 12.0. The lowest BCUT2D eigenvalue weighted by Gasteiger charge is -2.38. The van der Waals surface area contributed by atoms with Gasteiger partial charge in [-0.3, -0.25) is 9.59 Å². The van der Waals surface area contributed by atoms with Gasteiger partial charge in [-0.15, -0.1) is 22.7 Å². The Morgan fingerprint density at radius 3 is 1.35 bits per heavy atom. The molecule has 2 saturated carbocycles. The lowest BCUT2D eigenvalue weighted by atomic mass is 9.72. The van der Waals surface area contributed by atoms with Gasteiger partial charge in [0.05, 0.1) is 37.6 Å². The van der Waals surface area contributed by atoms with Crippen LogP contribution in [0.5, 0.6) is 11.5 Å². The number of thiophene rings is 2. The highest BCUT2D eigenvalue weighted by Gasteiger charge is 2.39. The van der Waals surface area contributed by atoms with Gasteiger partial charge in [0.15, 0.2) is 0 Å². The summed E-state index contributed by atoms with van der Waals surface area (Å²) >= 11 is 3.45. The summed E-state index contributed by atoms with van der Waals surface area (Å²) in [5, 5.41) is 30.1. The lowest BCUT2D eigenvalue weighted by Crippen LogP contribution is -2.43. The van der Waals surface area contributed by atoms with Gasteiger partial charge < -0.3 is 30.3 Å². The van der Waals surface area contributed by atoms with E-state index in [9.17, 15) is 19.8 Å². The van der Waals surface area contributed by atoms with Crippen molar-refractivity contribution < 1.29 is 29.3 Å². The standard InChI is InChI=1S/2C19H23NO3S/c2*1-23-16-6-3-2-5-15(16)18(22)20-13-19(17-7-4-12-24-17)10-8-14(21)9-11-19/h2*2-7,12,14,21H,8-11,13H2,1H3,(H,20,22). The Balaban J connectivity index is 0.000000188. The third-order valence-electron chi connectivity index (χ3n) is 9.79. The van der Waals surface area contributed by atoms with Gasteiger partial charge in [-0.25, -0.2) is 0 Å². The quantitative estimate of drug-likeness (QED) is 0.147. The first-order valence-electron chi connectivity index (χ1n) is 16.6. The molecule has 0 aliphatic heterocycles. The Morgan fingerprint density at radius 1 is 0.646 bits per heavy atom. The number of methoxy groups -OCH3 is 2. The monoisotopic (exact) mass is 690 g/mol. The summed E-state index contributed by atoms with van der Waals surface area (Å²) in [6.45, 7) is 1.16. The molecule has 2 aliphatic rings. The molecule has 0 saturated heterocycles. The fourth-order valence-corrected chi connectivity index (χ4v) is 8.82. The van der Waals surface area contributed by atoms with Crippen molar-refractivity contribution in [1.29, 1.82) is 0 Å². The molecule has 2 amide bonds. The molecule has 2 aromatic carbocycles. The average Bonchev–Trinajstić information content (AvgIpc) is 3.88. The van der Waals surface area contributed by atoms with Gasteiger partial charge in [0, 0.05) is 33.7 Å². The second kappa shape index (κ2) is 16.6. The van der Waals surface area contributed by atoms with E-state index in [0.717, 1.165) is 51.4 Å². The zero-order valence-electron chi connectivity index (χ0n) is 27.7. The van der Waals surface area contributed by atoms with Crippen LogP contribution in [0.4, 0.5) is 0 Å². The minimum absolute atomic E-state index is 0.0783. The SMILES string of the molecule is COc1ccccc1C(=O)NCC1(c2cccs2)CCC(O)CC1.COc1ccccc1C(=O)NCC1(c2cccs2)CCC(O)CC1. The van der Waals surface area contributed by atoms with Gasteiger partial charge >= 0.3 is 0 Å². The number of nitrogens with one attached hydrogen (secondary N) is 2.